The molecule has 3 heterocycles. The summed E-state index contributed by atoms with van der Waals surface area (Å²) in [5, 5.41) is 10.5. The number of nitrogens with zero attached hydrogens (tertiary/aromatic N) is 3. The second kappa shape index (κ2) is 6.12. The Labute approximate surface area is 116 Å². The third kappa shape index (κ3) is 2.92. The highest BCUT2D eigenvalue weighted by Gasteiger charge is 2.07. The Bertz CT molecular complexity index is 629. The van der Waals surface area contributed by atoms with Crippen LogP contribution in [0.15, 0.2) is 43.1 Å². The number of pyridine rings is 1. The minimum atomic E-state index is 0.765. The van der Waals surface area contributed by atoms with E-state index in [2.05, 4.69) is 30.5 Å². The molecular formula is C14H16N6. The summed E-state index contributed by atoms with van der Waals surface area (Å²) in [4.78, 5) is 11.4. The smallest absolute Gasteiger partial charge is 0.107 e. The Hall–Kier alpha value is -2.47. The number of H-pyrrole nitrogens is 2. The Kier molecular flexibility index (Phi) is 3.84. The van der Waals surface area contributed by atoms with Crippen LogP contribution in [0.5, 0.6) is 0 Å². The van der Waals surface area contributed by atoms with Gasteiger partial charge in [0.05, 0.1) is 11.9 Å². The molecule has 0 aliphatic carbocycles. The standard InChI is InChI=1S/C14H16N6/c1-2-11(8-15-4-1)14-12(10-19-20-14)9-16-5-3-13-17-6-7-18-13/h1-2,4,6-8,10,16H,3,5,9H2,(H,17,18)(H,19,20). The summed E-state index contributed by atoms with van der Waals surface area (Å²) in [6.07, 6.45) is 9.94. The molecule has 0 aliphatic heterocycles. The summed E-state index contributed by atoms with van der Waals surface area (Å²) in [7, 11) is 0. The van der Waals surface area contributed by atoms with Gasteiger partial charge in [-0.3, -0.25) is 10.1 Å². The maximum atomic E-state index is 4.19. The first-order valence-electron chi connectivity index (χ1n) is 6.55. The monoisotopic (exact) mass is 268 g/mol. The molecule has 3 aromatic rings. The van der Waals surface area contributed by atoms with E-state index in [1.54, 1.807) is 12.4 Å². The van der Waals surface area contributed by atoms with Crippen LogP contribution < -0.4 is 5.32 Å². The fourth-order valence-electron chi connectivity index (χ4n) is 2.07. The van der Waals surface area contributed by atoms with Crippen molar-refractivity contribution >= 4 is 0 Å². The average Bonchev–Trinajstić information content (AvgIpc) is 3.16. The van der Waals surface area contributed by atoms with Crippen LogP contribution in [0.4, 0.5) is 0 Å². The Morgan fingerprint density at radius 2 is 2.20 bits per heavy atom. The van der Waals surface area contributed by atoms with Gasteiger partial charge in [0.15, 0.2) is 0 Å². The molecule has 3 rings (SSSR count). The maximum absolute atomic E-state index is 4.19. The van der Waals surface area contributed by atoms with Gasteiger partial charge in [0.2, 0.25) is 0 Å². The van der Waals surface area contributed by atoms with Crippen LogP contribution in [0, 0.1) is 0 Å². The largest absolute Gasteiger partial charge is 0.349 e. The third-order valence-corrected chi connectivity index (χ3v) is 3.08. The molecule has 0 spiro atoms. The Morgan fingerprint density at radius 1 is 1.20 bits per heavy atom. The molecular weight excluding hydrogens is 252 g/mol. The van der Waals surface area contributed by atoms with Gasteiger partial charge in [-0.2, -0.15) is 5.10 Å². The molecule has 0 unspecified atom stereocenters. The summed E-state index contributed by atoms with van der Waals surface area (Å²) in [6, 6.07) is 3.94. The van der Waals surface area contributed by atoms with Crippen LogP contribution in [-0.2, 0) is 13.0 Å². The van der Waals surface area contributed by atoms with E-state index in [0.29, 0.717) is 0 Å². The quantitative estimate of drug-likeness (QED) is 0.592. The van der Waals surface area contributed by atoms with Gasteiger partial charge < -0.3 is 10.3 Å². The molecule has 0 bridgehead atoms. The second-order valence-electron chi connectivity index (χ2n) is 4.47. The van der Waals surface area contributed by atoms with E-state index in [0.717, 1.165) is 42.2 Å². The normalized spacial score (nSPS) is 10.8. The van der Waals surface area contributed by atoms with E-state index in [1.165, 1.54) is 0 Å². The highest BCUT2D eigenvalue weighted by atomic mass is 15.1. The average molecular weight is 268 g/mol. The molecule has 0 radical (unpaired) electrons. The second-order valence-corrected chi connectivity index (χ2v) is 4.47. The zero-order valence-electron chi connectivity index (χ0n) is 11.0. The van der Waals surface area contributed by atoms with Crippen LogP contribution in [0.1, 0.15) is 11.4 Å². The minimum absolute atomic E-state index is 0.765. The number of hydrogen-bond donors (Lipinski definition) is 3. The molecule has 0 amide bonds. The van der Waals surface area contributed by atoms with Crippen molar-refractivity contribution in [3.05, 3.63) is 54.5 Å². The molecule has 0 fully saturated rings. The molecule has 0 aliphatic rings. The lowest BCUT2D eigenvalue weighted by atomic mass is 10.1. The molecule has 0 saturated carbocycles. The fraction of sp³-hybridized carbons (Fsp3) is 0.214. The van der Waals surface area contributed by atoms with Crippen molar-refractivity contribution in [2.45, 2.75) is 13.0 Å². The predicted octanol–water partition coefficient (Wildman–Crippen LogP) is 1.53. The molecule has 6 heteroatoms. The van der Waals surface area contributed by atoms with Crippen molar-refractivity contribution < 1.29 is 0 Å². The van der Waals surface area contributed by atoms with Gasteiger partial charge in [-0.15, -0.1) is 0 Å². The van der Waals surface area contributed by atoms with E-state index in [1.807, 2.05) is 30.7 Å². The summed E-state index contributed by atoms with van der Waals surface area (Å²) in [6.45, 7) is 1.63. The van der Waals surface area contributed by atoms with Crippen molar-refractivity contribution in [1.82, 2.24) is 30.5 Å². The van der Waals surface area contributed by atoms with Crippen molar-refractivity contribution in [1.29, 1.82) is 0 Å². The van der Waals surface area contributed by atoms with Gasteiger partial charge in [0, 0.05) is 55.4 Å². The van der Waals surface area contributed by atoms with Gasteiger partial charge in [-0.25, -0.2) is 4.98 Å². The fourth-order valence-corrected chi connectivity index (χ4v) is 2.07. The van der Waals surface area contributed by atoms with Gasteiger partial charge in [-0.1, -0.05) is 0 Å². The van der Waals surface area contributed by atoms with Crippen molar-refractivity contribution in [3.63, 3.8) is 0 Å². The lowest BCUT2D eigenvalue weighted by Gasteiger charge is -2.04. The minimum Gasteiger partial charge on any atom is -0.349 e. The molecule has 3 N–H and O–H groups in total. The molecule has 0 saturated heterocycles. The van der Waals surface area contributed by atoms with Crippen LogP contribution in [0.25, 0.3) is 11.3 Å². The van der Waals surface area contributed by atoms with Crippen LogP contribution in [0.3, 0.4) is 0 Å². The third-order valence-electron chi connectivity index (χ3n) is 3.08. The number of aromatic nitrogens is 5. The Balaban J connectivity index is 1.57. The number of aromatic amines is 2. The van der Waals surface area contributed by atoms with E-state index in [9.17, 15) is 0 Å². The summed E-state index contributed by atoms with van der Waals surface area (Å²) < 4.78 is 0. The molecule has 0 atom stereocenters. The highest BCUT2D eigenvalue weighted by Crippen LogP contribution is 2.19. The lowest BCUT2D eigenvalue weighted by molar-refractivity contribution is 0.675. The SMILES string of the molecule is c1cncc(-c2[nH]ncc2CNCCc2ncc[nH]2)c1. The van der Waals surface area contributed by atoms with Crippen LogP contribution >= 0.6 is 0 Å². The lowest BCUT2D eigenvalue weighted by Crippen LogP contribution is -2.17. The highest BCUT2D eigenvalue weighted by molar-refractivity contribution is 5.61. The van der Waals surface area contributed by atoms with Gasteiger partial charge in [0.1, 0.15) is 5.82 Å². The maximum Gasteiger partial charge on any atom is 0.107 e. The van der Waals surface area contributed by atoms with Crippen molar-refractivity contribution in [2.24, 2.45) is 0 Å². The summed E-state index contributed by atoms with van der Waals surface area (Å²) >= 11 is 0. The van der Waals surface area contributed by atoms with Gasteiger partial charge in [0.25, 0.3) is 0 Å². The number of imidazole rings is 1. The number of rotatable bonds is 6. The van der Waals surface area contributed by atoms with Gasteiger partial charge >= 0.3 is 0 Å². The molecule has 20 heavy (non-hydrogen) atoms. The summed E-state index contributed by atoms with van der Waals surface area (Å²) in [5.74, 6) is 0.997. The molecule has 0 aromatic carbocycles. The van der Waals surface area contributed by atoms with E-state index in [-0.39, 0.29) is 0 Å². The Morgan fingerprint density at radius 3 is 3.00 bits per heavy atom. The molecule has 3 aromatic heterocycles. The predicted molar refractivity (Wildman–Crippen MR) is 75.8 cm³/mol. The van der Waals surface area contributed by atoms with E-state index < -0.39 is 0 Å². The zero-order valence-corrected chi connectivity index (χ0v) is 11.0. The van der Waals surface area contributed by atoms with Crippen molar-refractivity contribution in [2.75, 3.05) is 6.54 Å². The van der Waals surface area contributed by atoms with Crippen LogP contribution in [-0.4, -0.2) is 31.7 Å². The van der Waals surface area contributed by atoms with Crippen LogP contribution in [0.2, 0.25) is 0 Å². The number of hydrogen-bond acceptors (Lipinski definition) is 4. The van der Waals surface area contributed by atoms with E-state index in [4.69, 9.17) is 0 Å². The first kappa shape index (κ1) is 12.6. The molecule has 6 nitrogen and oxygen atoms in total. The van der Waals surface area contributed by atoms with E-state index >= 15 is 0 Å². The zero-order chi connectivity index (χ0) is 13.6. The summed E-state index contributed by atoms with van der Waals surface area (Å²) in [5.41, 5.74) is 3.20. The van der Waals surface area contributed by atoms with Crippen molar-refractivity contribution in [3.8, 4) is 11.3 Å². The first-order chi connectivity index (χ1) is 9.93. The molecule has 102 valence electrons. The van der Waals surface area contributed by atoms with Gasteiger partial charge in [-0.05, 0) is 12.1 Å². The number of nitrogens with one attached hydrogen (secondary N) is 3. The first-order valence-corrected chi connectivity index (χ1v) is 6.55. The topological polar surface area (TPSA) is 82.3 Å².